The van der Waals surface area contributed by atoms with Gasteiger partial charge in [-0.2, -0.15) is 0 Å². The van der Waals surface area contributed by atoms with Crippen molar-refractivity contribution in [2.75, 3.05) is 6.54 Å². The molecule has 0 aromatic rings. The normalized spacial score (nSPS) is 12.3. The van der Waals surface area contributed by atoms with Gasteiger partial charge in [0, 0.05) is 6.54 Å². The van der Waals surface area contributed by atoms with Crippen molar-refractivity contribution >= 4 is 23.9 Å². The molecule has 0 aromatic heterocycles. The molecule has 122 valence electrons. The van der Waals surface area contributed by atoms with E-state index in [-0.39, 0.29) is 5.96 Å². The minimum atomic E-state index is -1.29. The predicted molar refractivity (Wildman–Crippen MR) is 73.4 cm³/mol. The van der Waals surface area contributed by atoms with Crippen LogP contribution in [-0.2, 0) is 14.4 Å². The summed E-state index contributed by atoms with van der Waals surface area (Å²) in [6, 6.07) is -2.11. The first-order valence-corrected chi connectivity index (χ1v) is 5.81. The Morgan fingerprint density at radius 2 is 1.43 bits per heavy atom. The van der Waals surface area contributed by atoms with Crippen LogP contribution in [0.25, 0.3) is 0 Å². The fraction of sp³-hybridized carbons (Fsp3) is 0.600. The van der Waals surface area contributed by atoms with Crippen molar-refractivity contribution in [3.8, 4) is 0 Å². The molecule has 0 aliphatic heterocycles. The lowest BCUT2D eigenvalue weighted by Crippen LogP contribution is -2.32. The van der Waals surface area contributed by atoms with E-state index in [0.29, 0.717) is 19.4 Å². The van der Waals surface area contributed by atoms with E-state index in [9.17, 15) is 14.4 Å². The molecule has 0 saturated heterocycles. The average molecular weight is 307 g/mol. The van der Waals surface area contributed by atoms with Gasteiger partial charge in [0.15, 0.2) is 5.96 Å². The van der Waals surface area contributed by atoms with Gasteiger partial charge in [0.1, 0.15) is 12.1 Å². The van der Waals surface area contributed by atoms with Crippen LogP contribution in [0, 0.1) is 0 Å². The maximum Gasteiger partial charge on any atom is 0.321 e. The fourth-order valence-corrected chi connectivity index (χ4v) is 0.918. The molecule has 0 spiro atoms. The highest BCUT2D eigenvalue weighted by Gasteiger charge is 2.14. The number of carboxylic acids is 3. The summed E-state index contributed by atoms with van der Waals surface area (Å²) < 4.78 is 0. The SMILES string of the molecule is NC(CC(=O)O)C(=O)O.NC(N)=NCCC[C@H](N)C(=O)O. The summed E-state index contributed by atoms with van der Waals surface area (Å²) in [7, 11) is 0. The van der Waals surface area contributed by atoms with Crippen molar-refractivity contribution in [1.29, 1.82) is 0 Å². The maximum atomic E-state index is 10.2. The van der Waals surface area contributed by atoms with E-state index in [0.717, 1.165) is 0 Å². The highest BCUT2D eigenvalue weighted by Crippen LogP contribution is 1.94. The van der Waals surface area contributed by atoms with E-state index in [4.69, 9.17) is 38.3 Å². The second kappa shape index (κ2) is 11.4. The molecule has 0 saturated carbocycles. The van der Waals surface area contributed by atoms with E-state index in [2.05, 4.69) is 4.99 Å². The van der Waals surface area contributed by atoms with Crippen molar-refractivity contribution in [1.82, 2.24) is 0 Å². The van der Waals surface area contributed by atoms with Crippen molar-refractivity contribution in [2.45, 2.75) is 31.3 Å². The van der Waals surface area contributed by atoms with Crippen LogP contribution < -0.4 is 22.9 Å². The first-order valence-electron chi connectivity index (χ1n) is 5.81. The van der Waals surface area contributed by atoms with Crippen molar-refractivity contribution in [2.24, 2.45) is 27.9 Å². The standard InChI is InChI=1S/C6H14N4O2.C4H7NO4/c7-4(5(11)12)2-1-3-10-6(8)9;5-2(4(8)9)1-3(6)7/h4H,1-3,7H2,(H,11,12)(H4,8,9,10);2H,1,5H2,(H,6,7)(H,8,9)/t4-;/m0./s1. The number of aliphatic imine (C=N–C) groups is 1. The number of rotatable bonds is 8. The Labute approximate surface area is 120 Å². The lowest BCUT2D eigenvalue weighted by Gasteiger charge is -2.03. The maximum absolute atomic E-state index is 10.2. The first kappa shape index (κ1) is 20.9. The molecule has 0 aliphatic rings. The van der Waals surface area contributed by atoms with E-state index in [1.54, 1.807) is 0 Å². The highest BCUT2D eigenvalue weighted by molar-refractivity contribution is 5.80. The van der Waals surface area contributed by atoms with Crippen molar-refractivity contribution in [3.05, 3.63) is 0 Å². The Kier molecular flexibility index (Phi) is 11.4. The number of guanidine groups is 1. The summed E-state index contributed by atoms with van der Waals surface area (Å²) in [4.78, 5) is 33.5. The van der Waals surface area contributed by atoms with Crippen LogP contribution in [0.1, 0.15) is 19.3 Å². The lowest BCUT2D eigenvalue weighted by molar-refractivity contribution is -0.144. The van der Waals surface area contributed by atoms with Gasteiger partial charge < -0.3 is 38.3 Å². The molecular weight excluding hydrogens is 286 g/mol. The van der Waals surface area contributed by atoms with Crippen LogP contribution in [-0.4, -0.2) is 57.8 Å². The minimum absolute atomic E-state index is 0.0129. The number of hydrogen-bond acceptors (Lipinski definition) is 6. The molecule has 0 rings (SSSR count). The second-order valence-corrected chi connectivity index (χ2v) is 3.94. The summed E-state index contributed by atoms with van der Waals surface area (Å²) in [6.07, 6.45) is 0.423. The molecule has 21 heavy (non-hydrogen) atoms. The highest BCUT2D eigenvalue weighted by atomic mass is 16.4. The molecule has 11 nitrogen and oxygen atoms in total. The lowest BCUT2D eigenvalue weighted by atomic mass is 10.2. The quantitative estimate of drug-likeness (QED) is 0.139. The van der Waals surface area contributed by atoms with Gasteiger partial charge in [-0.05, 0) is 12.8 Å². The largest absolute Gasteiger partial charge is 0.481 e. The first-order chi connectivity index (χ1) is 9.57. The molecule has 0 aliphatic carbocycles. The topological polar surface area (TPSA) is 228 Å². The van der Waals surface area contributed by atoms with Gasteiger partial charge in [-0.3, -0.25) is 19.4 Å². The zero-order chi connectivity index (χ0) is 17.0. The Hall–Kier alpha value is -2.40. The Morgan fingerprint density at radius 1 is 0.952 bits per heavy atom. The van der Waals surface area contributed by atoms with E-state index in [1.165, 1.54) is 0 Å². The predicted octanol–water partition coefficient (Wildman–Crippen LogP) is -2.68. The third-order valence-corrected chi connectivity index (χ3v) is 2.00. The number of nitrogens with two attached hydrogens (primary N) is 4. The molecule has 0 bridgehead atoms. The average Bonchev–Trinajstić information content (AvgIpc) is 2.33. The number of carboxylic acid groups (broad SMARTS) is 3. The zero-order valence-electron chi connectivity index (χ0n) is 11.3. The van der Waals surface area contributed by atoms with Gasteiger partial charge in [0.25, 0.3) is 0 Å². The van der Waals surface area contributed by atoms with E-state index < -0.39 is 36.4 Å². The monoisotopic (exact) mass is 307 g/mol. The zero-order valence-corrected chi connectivity index (χ0v) is 11.3. The number of hydrogen-bond donors (Lipinski definition) is 7. The van der Waals surface area contributed by atoms with Gasteiger partial charge in [0.05, 0.1) is 6.42 Å². The molecule has 0 aromatic carbocycles. The molecule has 0 amide bonds. The van der Waals surface area contributed by atoms with Gasteiger partial charge in [-0.1, -0.05) is 0 Å². The molecular formula is C10H21N5O6. The van der Waals surface area contributed by atoms with Gasteiger partial charge >= 0.3 is 17.9 Å². The summed E-state index contributed by atoms with van der Waals surface area (Å²) in [6.45, 7) is 0.420. The summed E-state index contributed by atoms with van der Waals surface area (Å²) in [5, 5.41) is 24.4. The second-order valence-electron chi connectivity index (χ2n) is 3.94. The van der Waals surface area contributed by atoms with Crippen LogP contribution in [0.5, 0.6) is 0 Å². The Balaban J connectivity index is 0. The van der Waals surface area contributed by atoms with Crippen molar-refractivity contribution < 1.29 is 29.7 Å². The third kappa shape index (κ3) is 15.5. The number of carbonyl (C=O) groups is 3. The molecule has 11 N–H and O–H groups in total. The van der Waals surface area contributed by atoms with E-state index >= 15 is 0 Å². The third-order valence-electron chi connectivity index (χ3n) is 2.00. The Morgan fingerprint density at radius 3 is 1.71 bits per heavy atom. The van der Waals surface area contributed by atoms with Gasteiger partial charge in [-0.15, -0.1) is 0 Å². The number of aliphatic carboxylic acids is 3. The van der Waals surface area contributed by atoms with Crippen LogP contribution >= 0.6 is 0 Å². The van der Waals surface area contributed by atoms with Crippen LogP contribution in [0.2, 0.25) is 0 Å². The molecule has 0 fully saturated rings. The van der Waals surface area contributed by atoms with Gasteiger partial charge in [-0.25, -0.2) is 0 Å². The van der Waals surface area contributed by atoms with Crippen LogP contribution in [0.4, 0.5) is 0 Å². The smallest absolute Gasteiger partial charge is 0.321 e. The summed E-state index contributed by atoms with van der Waals surface area (Å²) in [5.74, 6) is -3.49. The minimum Gasteiger partial charge on any atom is -0.481 e. The molecule has 0 heterocycles. The molecule has 2 atom stereocenters. The van der Waals surface area contributed by atoms with Crippen molar-refractivity contribution in [3.63, 3.8) is 0 Å². The summed E-state index contributed by atoms with van der Waals surface area (Å²) >= 11 is 0. The summed E-state index contributed by atoms with van der Waals surface area (Å²) in [5.41, 5.74) is 20.2. The molecule has 1 unspecified atom stereocenters. The van der Waals surface area contributed by atoms with Crippen LogP contribution in [0.15, 0.2) is 4.99 Å². The van der Waals surface area contributed by atoms with Gasteiger partial charge in [0.2, 0.25) is 0 Å². The van der Waals surface area contributed by atoms with E-state index in [1.807, 2.05) is 0 Å². The number of nitrogens with zero attached hydrogens (tertiary/aromatic N) is 1. The fourth-order valence-electron chi connectivity index (χ4n) is 0.918. The van der Waals surface area contributed by atoms with Crippen LogP contribution in [0.3, 0.4) is 0 Å². The Bertz CT molecular complexity index is 382. The molecule has 11 heteroatoms. The molecule has 0 radical (unpaired) electrons.